The Bertz CT molecular complexity index is 994. The molecule has 0 bridgehead atoms. The molecule has 0 saturated carbocycles. The summed E-state index contributed by atoms with van der Waals surface area (Å²) in [4.78, 5) is 29.6. The number of rotatable bonds is 1. The summed E-state index contributed by atoms with van der Waals surface area (Å²) in [6.07, 6.45) is 2.00. The zero-order valence-corrected chi connectivity index (χ0v) is 12.2. The average Bonchev–Trinajstić information content (AvgIpc) is 3.00. The topological polar surface area (TPSA) is 53.2 Å². The van der Waals surface area contributed by atoms with Crippen molar-refractivity contribution >= 4 is 22.5 Å². The average molecular weight is 308 g/mol. The molecular weight excluding hydrogens is 295 g/mol. The van der Waals surface area contributed by atoms with E-state index in [0.717, 1.165) is 5.56 Å². The number of anilines is 1. The Morgan fingerprint density at radius 1 is 1.13 bits per heavy atom. The van der Waals surface area contributed by atoms with Crippen LogP contribution in [0.2, 0.25) is 0 Å². The molecule has 5 heteroatoms. The van der Waals surface area contributed by atoms with Crippen molar-refractivity contribution in [3.63, 3.8) is 0 Å². The first-order valence-corrected chi connectivity index (χ1v) is 7.36. The van der Waals surface area contributed by atoms with E-state index in [1.165, 1.54) is 17.2 Å². The molecule has 1 aliphatic heterocycles. The number of nitrogens with one attached hydrogen (secondary N) is 1. The number of halogens is 1. The van der Waals surface area contributed by atoms with Gasteiger partial charge in [-0.2, -0.15) is 0 Å². The lowest BCUT2D eigenvalue weighted by Crippen LogP contribution is -2.33. The van der Waals surface area contributed by atoms with E-state index in [4.69, 9.17) is 0 Å². The number of H-pyrrole nitrogens is 1. The Hall–Kier alpha value is -2.95. The maximum Gasteiger partial charge on any atom is 0.263 e. The Morgan fingerprint density at radius 3 is 2.83 bits per heavy atom. The number of amides is 1. The van der Waals surface area contributed by atoms with E-state index < -0.39 is 11.7 Å². The highest BCUT2D eigenvalue weighted by Crippen LogP contribution is 2.31. The number of aromatic amines is 1. The van der Waals surface area contributed by atoms with E-state index in [1.54, 1.807) is 30.3 Å². The second-order valence-electron chi connectivity index (χ2n) is 5.53. The summed E-state index contributed by atoms with van der Waals surface area (Å²) in [6, 6.07) is 11.8. The van der Waals surface area contributed by atoms with Gasteiger partial charge in [0.05, 0.1) is 5.69 Å². The van der Waals surface area contributed by atoms with E-state index in [9.17, 15) is 14.0 Å². The fourth-order valence-electron chi connectivity index (χ4n) is 3.08. The minimum atomic E-state index is -0.471. The molecule has 0 fully saturated rings. The summed E-state index contributed by atoms with van der Waals surface area (Å²) in [7, 11) is 0. The highest BCUT2D eigenvalue weighted by molar-refractivity contribution is 6.08. The Labute approximate surface area is 131 Å². The molecular formula is C18H13FN2O2. The number of carbonyl (C=O) groups excluding carboxylic acids is 1. The van der Waals surface area contributed by atoms with Crippen LogP contribution in [-0.4, -0.2) is 17.4 Å². The molecule has 0 unspecified atom stereocenters. The second kappa shape index (κ2) is 5.05. The number of para-hydroxylation sites is 2. The number of aromatic nitrogens is 1. The van der Waals surface area contributed by atoms with Crippen LogP contribution >= 0.6 is 0 Å². The van der Waals surface area contributed by atoms with Gasteiger partial charge in [-0.3, -0.25) is 9.59 Å². The van der Waals surface area contributed by atoms with Crippen molar-refractivity contribution in [2.24, 2.45) is 0 Å². The van der Waals surface area contributed by atoms with Crippen molar-refractivity contribution in [1.82, 2.24) is 4.98 Å². The third kappa shape index (κ3) is 2.04. The monoisotopic (exact) mass is 308 g/mol. The molecule has 0 radical (unpaired) electrons. The van der Waals surface area contributed by atoms with Crippen LogP contribution in [0.1, 0.15) is 15.9 Å². The van der Waals surface area contributed by atoms with Gasteiger partial charge in [-0.1, -0.05) is 24.3 Å². The summed E-state index contributed by atoms with van der Waals surface area (Å²) >= 11 is 0. The predicted octanol–water partition coefficient (Wildman–Crippen LogP) is 2.87. The molecule has 1 amide bonds. The van der Waals surface area contributed by atoms with Crippen LogP contribution in [0.25, 0.3) is 10.9 Å². The quantitative estimate of drug-likeness (QED) is 0.751. The molecule has 0 atom stereocenters. The van der Waals surface area contributed by atoms with Crippen molar-refractivity contribution in [2.75, 3.05) is 11.4 Å². The molecule has 2 aromatic carbocycles. The molecule has 23 heavy (non-hydrogen) atoms. The molecule has 114 valence electrons. The number of benzene rings is 2. The number of carbonyl (C=O) groups is 1. The zero-order chi connectivity index (χ0) is 16.0. The van der Waals surface area contributed by atoms with Crippen LogP contribution in [0.4, 0.5) is 10.1 Å². The van der Waals surface area contributed by atoms with Gasteiger partial charge in [0.2, 0.25) is 5.43 Å². The van der Waals surface area contributed by atoms with Crippen molar-refractivity contribution in [3.05, 3.63) is 75.8 Å². The Morgan fingerprint density at radius 2 is 1.96 bits per heavy atom. The van der Waals surface area contributed by atoms with Gasteiger partial charge in [0.1, 0.15) is 11.4 Å². The molecule has 0 saturated heterocycles. The molecule has 1 aliphatic rings. The number of pyridine rings is 1. The van der Waals surface area contributed by atoms with Gasteiger partial charge in [-0.25, -0.2) is 4.39 Å². The van der Waals surface area contributed by atoms with Gasteiger partial charge in [-0.05, 0) is 30.2 Å². The molecule has 0 aliphatic carbocycles. The van der Waals surface area contributed by atoms with Crippen LogP contribution in [0.3, 0.4) is 0 Å². The van der Waals surface area contributed by atoms with E-state index in [2.05, 4.69) is 4.98 Å². The molecule has 4 rings (SSSR count). The second-order valence-corrected chi connectivity index (χ2v) is 5.53. The lowest BCUT2D eigenvalue weighted by molar-refractivity contribution is 0.0987. The third-order valence-corrected chi connectivity index (χ3v) is 4.21. The molecule has 0 spiro atoms. The van der Waals surface area contributed by atoms with Crippen molar-refractivity contribution in [3.8, 4) is 0 Å². The number of hydrogen-bond donors (Lipinski definition) is 1. The van der Waals surface area contributed by atoms with E-state index in [1.807, 2.05) is 6.07 Å². The standard InChI is InChI=1S/C18H13FN2O2/c19-14-6-3-4-11-8-9-21(16(11)14)18(23)13-10-20-15-7-2-1-5-12(15)17(13)22/h1-7,10H,8-9H2,(H,20,22). The first-order chi connectivity index (χ1) is 11.2. The van der Waals surface area contributed by atoms with Crippen molar-refractivity contribution in [2.45, 2.75) is 6.42 Å². The summed E-state index contributed by atoms with van der Waals surface area (Å²) in [5, 5.41) is 0.450. The SMILES string of the molecule is O=C(c1c[nH]c2ccccc2c1=O)N1CCc2cccc(F)c21. The summed E-state index contributed by atoms with van der Waals surface area (Å²) < 4.78 is 14.1. The van der Waals surface area contributed by atoms with Crippen LogP contribution in [-0.2, 0) is 6.42 Å². The van der Waals surface area contributed by atoms with E-state index in [0.29, 0.717) is 23.9 Å². The van der Waals surface area contributed by atoms with E-state index >= 15 is 0 Å². The first kappa shape index (κ1) is 13.7. The minimum absolute atomic E-state index is 0.0276. The summed E-state index contributed by atoms with van der Waals surface area (Å²) in [5.74, 6) is -0.911. The fraction of sp³-hybridized carbons (Fsp3) is 0.111. The maximum atomic E-state index is 14.1. The zero-order valence-electron chi connectivity index (χ0n) is 12.2. The maximum absolute atomic E-state index is 14.1. The molecule has 1 N–H and O–H groups in total. The van der Waals surface area contributed by atoms with Gasteiger partial charge in [0.25, 0.3) is 5.91 Å². The van der Waals surface area contributed by atoms with Gasteiger partial charge >= 0.3 is 0 Å². The van der Waals surface area contributed by atoms with Crippen LogP contribution in [0.15, 0.2) is 53.5 Å². The molecule has 3 aromatic rings. The Kier molecular flexibility index (Phi) is 3.01. The van der Waals surface area contributed by atoms with Crippen molar-refractivity contribution in [1.29, 1.82) is 0 Å². The lowest BCUT2D eigenvalue weighted by Gasteiger charge is -2.17. The highest BCUT2D eigenvalue weighted by atomic mass is 19.1. The smallest absolute Gasteiger partial charge is 0.263 e. The number of nitrogens with zero attached hydrogens (tertiary/aromatic N) is 1. The normalized spacial score (nSPS) is 13.3. The molecule has 1 aromatic heterocycles. The fourth-order valence-corrected chi connectivity index (χ4v) is 3.08. The minimum Gasteiger partial charge on any atom is -0.360 e. The van der Waals surface area contributed by atoms with E-state index in [-0.39, 0.29) is 16.7 Å². The summed E-state index contributed by atoms with van der Waals surface area (Å²) in [5.41, 5.74) is 1.43. The predicted molar refractivity (Wildman–Crippen MR) is 86.3 cm³/mol. The number of fused-ring (bicyclic) bond motifs is 2. The van der Waals surface area contributed by atoms with Gasteiger partial charge < -0.3 is 9.88 Å². The van der Waals surface area contributed by atoms with Crippen LogP contribution < -0.4 is 10.3 Å². The third-order valence-electron chi connectivity index (χ3n) is 4.21. The molecule has 2 heterocycles. The largest absolute Gasteiger partial charge is 0.360 e. The van der Waals surface area contributed by atoms with Gasteiger partial charge in [0.15, 0.2) is 0 Å². The van der Waals surface area contributed by atoms with Crippen LogP contribution in [0, 0.1) is 5.82 Å². The first-order valence-electron chi connectivity index (χ1n) is 7.36. The van der Waals surface area contributed by atoms with Crippen molar-refractivity contribution < 1.29 is 9.18 Å². The van der Waals surface area contributed by atoms with Gasteiger partial charge in [0, 0.05) is 23.6 Å². The summed E-state index contributed by atoms with van der Waals surface area (Å²) in [6.45, 7) is 0.376. The lowest BCUT2D eigenvalue weighted by atomic mass is 10.1. The molecule has 4 nitrogen and oxygen atoms in total. The Balaban J connectivity index is 1.83. The van der Waals surface area contributed by atoms with Crippen LogP contribution in [0.5, 0.6) is 0 Å². The number of hydrogen-bond acceptors (Lipinski definition) is 2. The van der Waals surface area contributed by atoms with Gasteiger partial charge in [-0.15, -0.1) is 0 Å². The highest BCUT2D eigenvalue weighted by Gasteiger charge is 2.29.